The number of alkyl halides is 3. The van der Waals surface area contributed by atoms with Crippen molar-refractivity contribution in [1.29, 1.82) is 0 Å². The maximum atomic E-state index is 13.0. The molecule has 2 aliphatic carbocycles. The van der Waals surface area contributed by atoms with Crippen LogP contribution in [0.2, 0.25) is 0 Å². The maximum absolute atomic E-state index is 13.0. The SMILES string of the molecule is O=C(Cn1c2c(sc1=O)[C@@H](c1cccs1)C1C3CCC(C3)C1S2)Nc1cccc(C(F)(F)F)c1. The van der Waals surface area contributed by atoms with Gasteiger partial charge in [-0.2, -0.15) is 13.2 Å². The smallest absolute Gasteiger partial charge is 0.325 e. The van der Waals surface area contributed by atoms with Crippen LogP contribution in [0, 0.1) is 17.8 Å². The quantitative estimate of drug-likeness (QED) is 0.439. The minimum absolute atomic E-state index is 0.0641. The number of thioether (sulfide) groups is 1. The van der Waals surface area contributed by atoms with Crippen LogP contribution in [0.3, 0.4) is 0 Å². The molecule has 1 aromatic carbocycles. The summed E-state index contributed by atoms with van der Waals surface area (Å²) in [6.07, 6.45) is -0.789. The predicted octanol–water partition coefficient (Wildman–Crippen LogP) is 6.28. The van der Waals surface area contributed by atoms with Gasteiger partial charge in [-0.15, -0.1) is 23.1 Å². The van der Waals surface area contributed by atoms with Crippen LogP contribution in [0.4, 0.5) is 18.9 Å². The van der Waals surface area contributed by atoms with Crippen molar-refractivity contribution in [2.24, 2.45) is 17.8 Å². The minimum atomic E-state index is -4.49. The summed E-state index contributed by atoms with van der Waals surface area (Å²) in [5, 5.41) is 5.91. The highest BCUT2D eigenvalue weighted by atomic mass is 32.2. The average Bonchev–Trinajstić information content (AvgIpc) is 3.58. The molecule has 3 aliphatic rings. The number of benzene rings is 1. The van der Waals surface area contributed by atoms with Crippen molar-refractivity contribution in [2.45, 2.75) is 48.2 Å². The third-order valence-electron chi connectivity index (χ3n) is 7.32. The Morgan fingerprint density at radius 3 is 2.74 bits per heavy atom. The lowest BCUT2D eigenvalue weighted by Gasteiger charge is -2.40. The third kappa shape index (κ3) is 3.74. The van der Waals surface area contributed by atoms with Crippen molar-refractivity contribution in [2.75, 3.05) is 5.32 Å². The predicted molar refractivity (Wildman–Crippen MR) is 129 cm³/mol. The van der Waals surface area contributed by atoms with Gasteiger partial charge in [0, 0.05) is 26.6 Å². The summed E-state index contributed by atoms with van der Waals surface area (Å²) in [5.41, 5.74) is -0.763. The van der Waals surface area contributed by atoms with E-state index < -0.39 is 17.6 Å². The molecular weight excluding hydrogens is 501 g/mol. The number of nitrogens with one attached hydrogen (secondary N) is 1. The van der Waals surface area contributed by atoms with Crippen LogP contribution in [0.15, 0.2) is 51.6 Å². The van der Waals surface area contributed by atoms with Gasteiger partial charge >= 0.3 is 11.0 Å². The fourth-order valence-corrected chi connectivity index (χ4v) is 10.1. The fourth-order valence-electron chi connectivity index (χ4n) is 5.99. The molecule has 3 aromatic rings. The van der Waals surface area contributed by atoms with Crippen LogP contribution in [-0.2, 0) is 17.5 Å². The molecule has 34 heavy (non-hydrogen) atoms. The van der Waals surface area contributed by atoms with Gasteiger partial charge < -0.3 is 5.32 Å². The normalized spacial score (nSPS) is 27.4. The van der Waals surface area contributed by atoms with Gasteiger partial charge in [-0.05, 0) is 66.7 Å². The van der Waals surface area contributed by atoms with E-state index in [1.807, 2.05) is 6.07 Å². The number of aromatic nitrogens is 1. The number of amides is 1. The van der Waals surface area contributed by atoms with Crippen molar-refractivity contribution in [1.82, 2.24) is 4.57 Å². The van der Waals surface area contributed by atoms with Gasteiger partial charge in [0.1, 0.15) is 6.54 Å². The molecule has 1 aliphatic heterocycles. The summed E-state index contributed by atoms with van der Waals surface area (Å²) in [4.78, 5) is 27.9. The molecule has 3 heterocycles. The molecule has 2 bridgehead atoms. The Kier molecular flexibility index (Phi) is 5.46. The van der Waals surface area contributed by atoms with Crippen molar-refractivity contribution in [3.8, 4) is 0 Å². The second-order valence-electron chi connectivity index (χ2n) is 9.24. The van der Waals surface area contributed by atoms with E-state index in [0.717, 1.165) is 22.0 Å². The number of hydrogen-bond acceptors (Lipinski definition) is 5. The number of nitrogens with zero attached hydrogens (tertiary/aromatic N) is 1. The highest BCUT2D eigenvalue weighted by Crippen LogP contribution is 2.64. The number of hydrogen-bond donors (Lipinski definition) is 1. The van der Waals surface area contributed by atoms with E-state index in [9.17, 15) is 22.8 Å². The Morgan fingerprint density at radius 2 is 1.97 bits per heavy atom. The monoisotopic (exact) mass is 522 g/mol. The summed E-state index contributed by atoms with van der Waals surface area (Å²) in [6, 6.07) is 8.74. The summed E-state index contributed by atoms with van der Waals surface area (Å²) < 4.78 is 40.6. The second kappa shape index (κ2) is 8.27. The van der Waals surface area contributed by atoms with E-state index >= 15 is 0 Å². The lowest BCUT2D eigenvalue weighted by molar-refractivity contribution is -0.137. The van der Waals surface area contributed by atoms with Crippen LogP contribution in [0.25, 0.3) is 0 Å². The highest BCUT2D eigenvalue weighted by molar-refractivity contribution is 8.00. The molecule has 10 heteroatoms. The Balaban J connectivity index is 1.31. The zero-order valence-corrected chi connectivity index (χ0v) is 20.3. The van der Waals surface area contributed by atoms with E-state index in [4.69, 9.17) is 0 Å². The van der Waals surface area contributed by atoms with Crippen LogP contribution in [0.1, 0.15) is 40.5 Å². The zero-order valence-electron chi connectivity index (χ0n) is 17.9. The molecule has 2 aromatic heterocycles. The molecule has 178 valence electrons. The Morgan fingerprint density at radius 1 is 1.15 bits per heavy atom. The van der Waals surface area contributed by atoms with Gasteiger partial charge in [-0.1, -0.05) is 23.5 Å². The number of thiophene rings is 1. The zero-order chi connectivity index (χ0) is 23.6. The Hall–Kier alpha value is -2.04. The lowest BCUT2D eigenvalue weighted by Crippen LogP contribution is -2.34. The van der Waals surface area contributed by atoms with Crippen LogP contribution >= 0.6 is 34.4 Å². The molecule has 6 rings (SSSR count). The van der Waals surface area contributed by atoms with Gasteiger partial charge in [0.25, 0.3) is 0 Å². The number of carbonyl (C=O) groups is 1. The summed E-state index contributed by atoms with van der Waals surface area (Å²) >= 11 is 4.68. The molecule has 2 saturated carbocycles. The molecular formula is C24H21F3N2O2S3. The minimum Gasteiger partial charge on any atom is -0.325 e. The first-order chi connectivity index (χ1) is 16.3. The van der Waals surface area contributed by atoms with Crippen molar-refractivity contribution < 1.29 is 18.0 Å². The number of halogens is 3. The van der Waals surface area contributed by atoms with E-state index in [1.165, 1.54) is 52.2 Å². The first-order valence-electron chi connectivity index (χ1n) is 11.2. The number of anilines is 1. The molecule has 4 nitrogen and oxygen atoms in total. The molecule has 4 unspecified atom stereocenters. The topological polar surface area (TPSA) is 51.1 Å². The second-order valence-corrected chi connectivity index (χ2v) is 12.4. The van der Waals surface area contributed by atoms with Gasteiger partial charge in [0.05, 0.1) is 10.6 Å². The largest absolute Gasteiger partial charge is 0.416 e. The maximum Gasteiger partial charge on any atom is 0.416 e. The van der Waals surface area contributed by atoms with E-state index in [0.29, 0.717) is 23.0 Å². The van der Waals surface area contributed by atoms with Crippen molar-refractivity contribution in [3.63, 3.8) is 0 Å². The van der Waals surface area contributed by atoms with Gasteiger partial charge in [-0.25, -0.2) is 0 Å². The van der Waals surface area contributed by atoms with Crippen LogP contribution in [0.5, 0.6) is 0 Å². The molecule has 5 atom stereocenters. The van der Waals surface area contributed by atoms with E-state index in [1.54, 1.807) is 23.1 Å². The fraction of sp³-hybridized carbons (Fsp3) is 0.417. The van der Waals surface area contributed by atoms with E-state index in [-0.39, 0.29) is 23.0 Å². The summed E-state index contributed by atoms with van der Waals surface area (Å²) in [5.74, 6) is 1.50. The van der Waals surface area contributed by atoms with Gasteiger partial charge in [-0.3, -0.25) is 14.2 Å². The number of carbonyl (C=O) groups excluding carboxylic acids is 1. The average molecular weight is 523 g/mol. The molecule has 2 fully saturated rings. The number of rotatable bonds is 4. The van der Waals surface area contributed by atoms with Crippen LogP contribution < -0.4 is 10.2 Å². The third-order valence-corrected chi connectivity index (χ3v) is 11.1. The molecule has 1 N–H and O–H groups in total. The van der Waals surface area contributed by atoms with Crippen molar-refractivity contribution >= 4 is 46.0 Å². The molecule has 0 spiro atoms. The number of fused-ring (bicyclic) bond motifs is 6. The number of thiazole rings is 1. The summed E-state index contributed by atoms with van der Waals surface area (Å²) in [7, 11) is 0. The van der Waals surface area contributed by atoms with Crippen LogP contribution in [-0.4, -0.2) is 15.7 Å². The van der Waals surface area contributed by atoms with Gasteiger partial charge in [0.15, 0.2) is 0 Å². The molecule has 1 amide bonds. The standard InChI is InChI=1S/C24H21F3N2O2S3/c25-24(26,27)14-3-1-4-15(10-14)28-17(30)11-29-22-21(34-23(29)31)19(16-5-2-8-32-16)18-12-6-7-13(9-12)20(18)33-22/h1-5,8,10,12-13,18-20H,6-7,9,11H2,(H,28,30)/t12?,13?,18?,19-,20?/m0/s1. The Bertz CT molecular complexity index is 1300. The van der Waals surface area contributed by atoms with Crippen molar-refractivity contribution in [3.05, 3.63) is 66.8 Å². The molecule has 0 saturated heterocycles. The highest BCUT2D eigenvalue weighted by Gasteiger charge is 2.55. The summed E-state index contributed by atoms with van der Waals surface area (Å²) in [6.45, 7) is -0.212. The van der Waals surface area contributed by atoms with Gasteiger partial charge in [0.2, 0.25) is 5.91 Å². The lowest BCUT2D eigenvalue weighted by atomic mass is 9.77. The van der Waals surface area contributed by atoms with E-state index in [2.05, 4.69) is 16.8 Å². The Labute approximate surface area is 206 Å². The first kappa shape index (κ1) is 22.4. The first-order valence-corrected chi connectivity index (χ1v) is 13.8. The molecule has 0 radical (unpaired) electrons.